The zero-order chi connectivity index (χ0) is 15.0. The monoisotopic (exact) mass is 362 g/mol. The first-order valence-corrected chi connectivity index (χ1v) is 8.23. The van der Waals surface area contributed by atoms with Crippen molar-refractivity contribution in [3.8, 4) is 5.69 Å². The van der Waals surface area contributed by atoms with Crippen LogP contribution in [0.15, 0.2) is 40.9 Å². The molecule has 0 N–H and O–H groups in total. The van der Waals surface area contributed by atoms with Crippen LogP contribution < -0.4 is 0 Å². The molecule has 0 bridgehead atoms. The normalized spacial score (nSPS) is 11.2. The largest absolute Gasteiger partial charge is 0.296 e. The Hall–Kier alpha value is -1.32. The third-order valence-corrected chi connectivity index (χ3v) is 4.20. The van der Waals surface area contributed by atoms with E-state index in [9.17, 15) is 0 Å². The van der Waals surface area contributed by atoms with Gasteiger partial charge in [-0.15, -0.1) is 11.6 Å². The molecule has 21 heavy (non-hydrogen) atoms. The van der Waals surface area contributed by atoms with E-state index >= 15 is 0 Å². The summed E-state index contributed by atoms with van der Waals surface area (Å²) in [4.78, 5) is 4.76. The van der Waals surface area contributed by atoms with E-state index in [1.54, 1.807) is 0 Å². The number of hydrogen-bond donors (Lipinski definition) is 0. The molecular formula is C17H16BrClN2. The molecule has 0 amide bonds. The number of aryl methyl sites for hydroxylation is 3. The van der Waals surface area contributed by atoms with Crippen molar-refractivity contribution in [3.63, 3.8) is 0 Å². The highest BCUT2D eigenvalue weighted by Crippen LogP contribution is 2.27. The van der Waals surface area contributed by atoms with Gasteiger partial charge in [0, 0.05) is 22.5 Å². The van der Waals surface area contributed by atoms with Crippen LogP contribution in [-0.4, -0.2) is 15.4 Å². The van der Waals surface area contributed by atoms with Crippen LogP contribution in [-0.2, 0) is 6.42 Å². The smallest absolute Gasteiger partial charge is 0.115 e. The Balaban J connectivity index is 2.35. The SMILES string of the molecule is Cc1cc(Br)cc(-n2c(CCCl)nc3cccc(C)c32)c1. The van der Waals surface area contributed by atoms with E-state index in [0.29, 0.717) is 5.88 Å². The molecule has 0 aliphatic carbocycles. The van der Waals surface area contributed by atoms with E-state index in [0.717, 1.165) is 33.4 Å². The van der Waals surface area contributed by atoms with E-state index in [-0.39, 0.29) is 0 Å². The molecule has 0 unspecified atom stereocenters. The molecular weight excluding hydrogens is 348 g/mol. The molecule has 0 radical (unpaired) electrons. The summed E-state index contributed by atoms with van der Waals surface area (Å²) in [5.41, 5.74) is 5.74. The molecule has 2 nitrogen and oxygen atoms in total. The summed E-state index contributed by atoms with van der Waals surface area (Å²) in [7, 11) is 0. The Morgan fingerprint density at radius 2 is 2.00 bits per heavy atom. The number of halogens is 2. The van der Waals surface area contributed by atoms with Crippen LogP contribution in [0.3, 0.4) is 0 Å². The number of imidazole rings is 1. The number of alkyl halides is 1. The molecule has 1 heterocycles. The Kier molecular flexibility index (Phi) is 4.05. The van der Waals surface area contributed by atoms with E-state index in [2.05, 4.69) is 64.7 Å². The van der Waals surface area contributed by atoms with Gasteiger partial charge in [-0.1, -0.05) is 28.1 Å². The third-order valence-electron chi connectivity index (χ3n) is 3.55. The van der Waals surface area contributed by atoms with Crippen LogP contribution >= 0.6 is 27.5 Å². The molecule has 4 heteroatoms. The Morgan fingerprint density at radius 1 is 1.19 bits per heavy atom. The van der Waals surface area contributed by atoms with Crippen LogP contribution in [0.1, 0.15) is 17.0 Å². The molecule has 3 rings (SSSR count). The van der Waals surface area contributed by atoms with Crippen molar-refractivity contribution >= 4 is 38.6 Å². The zero-order valence-corrected chi connectivity index (χ0v) is 14.4. The van der Waals surface area contributed by atoms with Crippen molar-refractivity contribution in [2.45, 2.75) is 20.3 Å². The third kappa shape index (κ3) is 2.72. The number of hydrogen-bond acceptors (Lipinski definition) is 1. The lowest BCUT2D eigenvalue weighted by atomic mass is 10.2. The minimum absolute atomic E-state index is 0.565. The van der Waals surface area contributed by atoms with Crippen LogP contribution in [0.25, 0.3) is 16.7 Å². The maximum atomic E-state index is 5.96. The lowest BCUT2D eigenvalue weighted by molar-refractivity contribution is 0.909. The molecule has 108 valence electrons. The van der Waals surface area contributed by atoms with E-state index in [1.807, 2.05) is 6.07 Å². The molecule has 2 aromatic carbocycles. The van der Waals surface area contributed by atoms with Crippen molar-refractivity contribution in [1.29, 1.82) is 0 Å². The maximum absolute atomic E-state index is 5.96. The predicted molar refractivity (Wildman–Crippen MR) is 92.7 cm³/mol. The number of aromatic nitrogens is 2. The van der Waals surface area contributed by atoms with Gasteiger partial charge in [0.1, 0.15) is 5.82 Å². The fourth-order valence-electron chi connectivity index (χ4n) is 2.72. The summed E-state index contributed by atoms with van der Waals surface area (Å²) in [6.45, 7) is 4.22. The van der Waals surface area contributed by atoms with Crippen molar-refractivity contribution in [1.82, 2.24) is 9.55 Å². The molecule has 0 atom stereocenters. The van der Waals surface area contributed by atoms with Crippen LogP contribution in [0.4, 0.5) is 0 Å². The van der Waals surface area contributed by atoms with E-state index in [1.165, 1.54) is 11.1 Å². The number of nitrogens with zero attached hydrogens (tertiary/aromatic N) is 2. The minimum Gasteiger partial charge on any atom is -0.296 e. The highest BCUT2D eigenvalue weighted by Gasteiger charge is 2.14. The zero-order valence-electron chi connectivity index (χ0n) is 12.0. The standard InChI is InChI=1S/C17H16BrClN2/c1-11-8-13(18)10-14(9-11)21-16(6-7-19)20-15-5-3-4-12(2)17(15)21/h3-5,8-10H,6-7H2,1-2H3. The fraction of sp³-hybridized carbons (Fsp3) is 0.235. The molecule has 0 saturated heterocycles. The first-order chi connectivity index (χ1) is 10.1. The van der Waals surface area contributed by atoms with Crippen molar-refractivity contribution in [2.75, 3.05) is 5.88 Å². The van der Waals surface area contributed by atoms with E-state index < -0.39 is 0 Å². The van der Waals surface area contributed by atoms with Gasteiger partial charge < -0.3 is 0 Å². The summed E-state index contributed by atoms with van der Waals surface area (Å²) < 4.78 is 3.30. The topological polar surface area (TPSA) is 17.8 Å². The van der Waals surface area contributed by atoms with Crippen LogP contribution in [0.2, 0.25) is 0 Å². The summed E-state index contributed by atoms with van der Waals surface area (Å²) in [5.74, 6) is 1.57. The van der Waals surface area contributed by atoms with Gasteiger partial charge in [0.25, 0.3) is 0 Å². The summed E-state index contributed by atoms with van der Waals surface area (Å²) in [6, 6.07) is 12.6. The second-order valence-corrected chi connectivity index (χ2v) is 6.53. The van der Waals surface area contributed by atoms with Crippen molar-refractivity contribution in [3.05, 3.63) is 57.8 Å². The highest BCUT2D eigenvalue weighted by molar-refractivity contribution is 9.10. The number of para-hydroxylation sites is 1. The average molecular weight is 364 g/mol. The summed E-state index contributed by atoms with van der Waals surface area (Å²) in [5, 5.41) is 0. The quantitative estimate of drug-likeness (QED) is 0.586. The Bertz CT molecular complexity index is 788. The van der Waals surface area contributed by atoms with Crippen molar-refractivity contribution < 1.29 is 0 Å². The molecule has 0 aliphatic rings. The van der Waals surface area contributed by atoms with Gasteiger partial charge in [0.05, 0.1) is 11.0 Å². The first kappa shape index (κ1) is 14.6. The van der Waals surface area contributed by atoms with Crippen LogP contribution in [0.5, 0.6) is 0 Å². The lowest BCUT2D eigenvalue weighted by Crippen LogP contribution is -2.03. The second-order valence-electron chi connectivity index (χ2n) is 5.23. The number of rotatable bonds is 3. The molecule has 0 spiro atoms. The lowest BCUT2D eigenvalue weighted by Gasteiger charge is -2.11. The van der Waals surface area contributed by atoms with Gasteiger partial charge in [-0.3, -0.25) is 4.57 Å². The summed E-state index contributed by atoms with van der Waals surface area (Å²) >= 11 is 9.55. The Morgan fingerprint density at radius 3 is 2.71 bits per heavy atom. The number of benzene rings is 2. The summed E-state index contributed by atoms with van der Waals surface area (Å²) in [6.07, 6.45) is 0.751. The molecule has 3 aromatic rings. The molecule has 0 aliphatic heterocycles. The Labute approximate surface area is 137 Å². The fourth-order valence-corrected chi connectivity index (χ4v) is 3.48. The maximum Gasteiger partial charge on any atom is 0.115 e. The second kappa shape index (κ2) is 5.82. The number of fused-ring (bicyclic) bond motifs is 1. The van der Waals surface area contributed by atoms with Gasteiger partial charge in [0.2, 0.25) is 0 Å². The first-order valence-electron chi connectivity index (χ1n) is 6.90. The van der Waals surface area contributed by atoms with Gasteiger partial charge in [-0.2, -0.15) is 0 Å². The van der Waals surface area contributed by atoms with Gasteiger partial charge in [0.15, 0.2) is 0 Å². The van der Waals surface area contributed by atoms with E-state index in [4.69, 9.17) is 16.6 Å². The molecule has 0 saturated carbocycles. The average Bonchev–Trinajstić information content (AvgIpc) is 2.77. The predicted octanol–water partition coefficient (Wildman–Crippen LogP) is 5.19. The highest BCUT2D eigenvalue weighted by atomic mass is 79.9. The molecule has 1 aromatic heterocycles. The van der Waals surface area contributed by atoms with Gasteiger partial charge >= 0.3 is 0 Å². The van der Waals surface area contributed by atoms with Gasteiger partial charge in [-0.05, 0) is 49.2 Å². The molecule has 0 fully saturated rings. The van der Waals surface area contributed by atoms with Crippen LogP contribution in [0, 0.1) is 13.8 Å². The van der Waals surface area contributed by atoms with Gasteiger partial charge in [-0.25, -0.2) is 4.98 Å². The van der Waals surface area contributed by atoms with Crippen molar-refractivity contribution in [2.24, 2.45) is 0 Å². The minimum atomic E-state index is 0.565.